The summed E-state index contributed by atoms with van der Waals surface area (Å²) in [5.41, 5.74) is 7.71. The molecule has 0 atom stereocenters. The molecular formula is C41H37Cl3N7+. The van der Waals surface area contributed by atoms with Gasteiger partial charge in [0.15, 0.2) is 5.65 Å². The number of aromatic nitrogens is 7. The van der Waals surface area contributed by atoms with E-state index in [1.165, 1.54) is 16.7 Å². The quantitative estimate of drug-likeness (QED) is 0.228. The summed E-state index contributed by atoms with van der Waals surface area (Å²) in [6.07, 6.45) is 10.7. The summed E-state index contributed by atoms with van der Waals surface area (Å²) in [6.45, 7) is 10.6. The lowest BCUT2D eigenvalue weighted by atomic mass is 9.92. The molecule has 7 aromatic rings. The molecule has 51 heavy (non-hydrogen) atoms. The van der Waals surface area contributed by atoms with Gasteiger partial charge in [-0.3, -0.25) is 4.40 Å². The van der Waals surface area contributed by atoms with Crippen LogP contribution < -0.4 is 21.4 Å². The number of nitrogens with zero attached hydrogens (tertiary/aromatic N) is 7. The van der Waals surface area contributed by atoms with Gasteiger partial charge in [0.05, 0.1) is 33.9 Å². The molecule has 2 aliphatic carbocycles. The zero-order chi connectivity index (χ0) is 34.4. The Bertz CT molecular complexity index is 2470. The first-order valence-electron chi connectivity index (χ1n) is 17.1. The molecule has 2 fully saturated rings. The van der Waals surface area contributed by atoms with Gasteiger partial charge in [-0.1, -0.05) is 60.1 Å². The highest BCUT2D eigenvalue weighted by Gasteiger charge is 2.56. The molecule has 5 aromatic heterocycles. The molecule has 3 aliphatic rings. The molecule has 1 aliphatic heterocycles. The Morgan fingerprint density at radius 2 is 1.41 bits per heavy atom. The Balaban J connectivity index is 0.000000148. The molecule has 0 N–H and O–H groups in total. The van der Waals surface area contributed by atoms with Crippen molar-refractivity contribution < 1.29 is 21.4 Å². The second kappa shape index (κ2) is 12.0. The van der Waals surface area contributed by atoms with E-state index >= 15 is 0 Å². The number of fused-ring (bicyclic) bond motifs is 3. The lowest BCUT2D eigenvalue weighted by Crippen LogP contribution is -3.00. The van der Waals surface area contributed by atoms with Crippen LogP contribution in [0, 0.1) is 0 Å². The summed E-state index contributed by atoms with van der Waals surface area (Å²) in [5, 5.41) is 15.6. The third-order valence-corrected chi connectivity index (χ3v) is 11.5. The number of hydrogen-bond donors (Lipinski definition) is 0. The van der Waals surface area contributed by atoms with Gasteiger partial charge in [0.2, 0.25) is 0 Å². The molecule has 0 spiro atoms. The lowest BCUT2D eigenvalue weighted by Gasteiger charge is -2.26. The minimum atomic E-state index is -0.145. The molecule has 10 heteroatoms. The first-order valence-corrected chi connectivity index (χ1v) is 17.9. The molecule has 0 radical (unpaired) electrons. The first kappa shape index (κ1) is 33.6. The van der Waals surface area contributed by atoms with Crippen LogP contribution in [0.2, 0.25) is 10.0 Å². The third-order valence-electron chi connectivity index (χ3n) is 11.0. The van der Waals surface area contributed by atoms with Crippen molar-refractivity contribution in [3.05, 3.63) is 160 Å². The van der Waals surface area contributed by atoms with Crippen LogP contribution in [0.4, 0.5) is 0 Å². The smallest absolute Gasteiger partial charge is 0.324 e. The van der Waals surface area contributed by atoms with Crippen molar-refractivity contribution in [1.82, 2.24) is 24.4 Å². The Labute approximate surface area is 313 Å². The van der Waals surface area contributed by atoms with Crippen LogP contribution in [0.3, 0.4) is 0 Å². The summed E-state index contributed by atoms with van der Waals surface area (Å²) >= 11 is 12.2. The number of hydrogen-bond acceptors (Lipinski definition) is 3. The second-order valence-corrected chi connectivity index (χ2v) is 15.3. The van der Waals surface area contributed by atoms with Crippen LogP contribution in [0.5, 0.6) is 0 Å². The van der Waals surface area contributed by atoms with E-state index in [0.29, 0.717) is 0 Å². The van der Waals surface area contributed by atoms with E-state index in [1.807, 2.05) is 49.5 Å². The first-order chi connectivity index (χ1) is 24.1. The lowest BCUT2D eigenvalue weighted by molar-refractivity contribution is -0.744. The zero-order valence-electron chi connectivity index (χ0n) is 28.7. The largest absolute Gasteiger partial charge is 1.00 e. The van der Waals surface area contributed by atoms with Crippen molar-refractivity contribution in [2.75, 3.05) is 0 Å². The molecule has 6 heterocycles. The van der Waals surface area contributed by atoms with Gasteiger partial charge in [-0.15, -0.1) is 10.2 Å². The SMILES string of the molecule is C=C(C)c1cccn2c(C3(c4ccc(Cl)cc4)CC3)nnc12.CC1(C)c2ccc[n+]3c(C4(c5ccc(Cl)cc5)CC4)nn(c23)-c2cccc[n+]21.[Cl-]. The van der Waals surface area contributed by atoms with Crippen LogP contribution in [0.25, 0.3) is 22.7 Å². The van der Waals surface area contributed by atoms with E-state index in [-0.39, 0.29) is 28.8 Å². The van der Waals surface area contributed by atoms with E-state index in [2.05, 4.69) is 116 Å². The topological polar surface area (TPSA) is 56.0 Å². The van der Waals surface area contributed by atoms with Gasteiger partial charge < -0.3 is 12.4 Å². The minimum Gasteiger partial charge on any atom is -1.00 e. The molecule has 0 saturated heterocycles. The molecule has 0 unspecified atom stereocenters. The molecular weight excluding hydrogens is 697 g/mol. The third kappa shape index (κ3) is 5.12. The Morgan fingerprint density at radius 3 is 2.04 bits per heavy atom. The monoisotopic (exact) mass is 732 g/mol. The minimum absolute atomic E-state index is 0. The predicted molar refractivity (Wildman–Crippen MR) is 196 cm³/mol. The standard InChI is InChI=1S/C23H21ClN4.C18H16ClN3.ClH/c1-22(2)18-6-5-14-26-20(18)28(19-7-3-4-15-27(19)22)25-21(26)23(12-13-23)16-8-10-17(24)11-9-16;1-12(2)15-4-3-11-22-16(15)20-21-17(22)18(9-10-18)13-5-7-14(19)8-6-13;/h3-11,14-15H,12-13H2,1-2H3;3-8,11H,1,9-10H2,2H3;1H/q+2;;/p-1. The van der Waals surface area contributed by atoms with Gasteiger partial charge in [0, 0.05) is 27.9 Å². The summed E-state index contributed by atoms with van der Waals surface area (Å²) in [7, 11) is 0. The molecule has 0 amide bonds. The van der Waals surface area contributed by atoms with E-state index in [1.54, 1.807) is 0 Å². The second-order valence-electron chi connectivity index (χ2n) is 14.4. The van der Waals surface area contributed by atoms with Gasteiger partial charge in [0.25, 0.3) is 0 Å². The fraction of sp³-hybridized carbons (Fsp3) is 0.244. The highest BCUT2D eigenvalue weighted by molar-refractivity contribution is 6.30. The van der Waals surface area contributed by atoms with E-state index in [0.717, 1.165) is 75.6 Å². The summed E-state index contributed by atoms with van der Waals surface area (Å²) < 4.78 is 8.83. The predicted octanol–water partition coefficient (Wildman–Crippen LogP) is 5.23. The number of benzene rings is 2. The van der Waals surface area contributed by atoms with Crippen LogP contribution in [-0.2, 0) is 16.4 Å². The van der Waals surface area contributed by atoms with Gasteiger partial charge in [0.1, 0.15) is 11.4 Å². The molecule has 2 saturated carbocycles. The van der Waals surface area contributed by atoms with Crippen molar-refractivity contribution in [3.63, 3.8) is 0 Å². The van der Waals surface area contributed by atoms with Crippen LogP contribution in [0.1, 0.15) is 80.4 Å². The summed E-state index contributed by atoms with van der Waals surface area (Å²) in [5.74, 6) is 3.22. The fourth-order valence-electron chi connectivity index (χ4n) is 7.90. The molecule has 256 valence electrons. The van der Waals surface area contributed by atoms with Gasteiger partial charge in [-0.2, -0.15) is 4.40 Å². The van der Waals surface area contributed by atoms with E-state index in [4.69, 9.17) is 28.3 Å². The average molecular weight is 734 g/mol. The maximum Gasteiger partial charge on any atom is 0.324 e. The molecule has 7 nitrogen and oxygen atoms in total. The van der Waals surface area contributed by atoms with Crippen LogP contribution >= 0.6 is 23.2 Å². The van der Waals surface area contributed by atoms with Crippen LogP contribution in [-0.4, -0.2) is 24.4 Å². The molecule has 0 bridgehead atoms. The van der Waals surface area contributed by atoms with Crippen molar-refractivity contribution >= 4 is 40.1 Å². The summed E-state index contributed by atoms with van der Waals surface area (Å²) in [4.78, 5) is 0. The van der Waals surface area contributed by atoms with Crippen molar-refractivity contribution in [2.24, 2.45) is 0 Å². The van der Waals surface area contributed by atoms with Gasteiger partial charge in [-0.25, -0.2) is 4.57 Å². The molecule has 2 aromatic carbocycles. The highest BCUT2D eigenvalue weighted by Crippen LogP contribution is 2.53. The van der Waals surface area contributed by atoms with Crippen molar-refractivity contribution in [1.29, 1.82) is 0 Å². The number of rotatable bonds is 5. The average Bonchev–Trinajstić information content (AvgIpc) is 4.03. The fourth-order valence-corrected chi connectivity index (χ4v) is 8.15. The van der Waals surface area contributed by atoms with Gasteiger partial charge >= 0.3 is 17.3 Å². The highest BCUT2D eigenvalue weighted by atomic mass is 35.5. The van der Waals surface area contributed by atoms with Gasteiger partial charge in [-0.05, 0) is 122 Å². The Kier molecular flexibility index (Phi) is 7.91. The van der Waals surface area contributed by atoms with Crippen molar-refractivity contribution in [3.8, 4) is 5.82 Å². The maximum absolute atomic E-state index is 6.14. The number of allylic oxidation sites excluding steroid dienone is 1. The number of pyridine rings is 3. The summed E-state index contributed by atoms with van der Waals surface area (Å²) in [6, 6.07) is 31.1. The zero-order valence-corrected chi connectivity index (χ0v) is 31.0. The Hall–Kier alpha value is -4.56. The number of halogens is 3. The van der Waals surface area contributed by atoms with E-state index < -0.39 is 0 Å². The van der Waals surface area contributed by atoms with E-state index in [9.17, 15) is 0 Å². The maximum atomic E-state index is 6.14. The Morgan fingerprint density at radius 1 is 0.765 bits per heavy atom. The normalized spacial score (nSPS) is 16.8. The molecule has 10 rings (SSSR count). The van der Waals surface area contributed by atoms with Crippen LogP contribution in [0.15, 0.2) is 116 Å². The van der Waals surface area contributed by atoms with Crippen molar-refractivity contribution in [2.45, 2.75) is 62.8 Å².